The number of aliphatic carboxylic acids is 1. The number of carboxylic acid groups (broad SMARTS) is 1. The molecule has 2 heterocycles. The van der Waals surface area contributed by atoms with Gasteiger partial charge in [-0.1, -0.05) is 29.4 Å². The number of carbonyl (C=O) groups is 2. The largest absolute Gasteiger partial charge is 0.481 e. The Morgan fingerprint density at radius 3 is 2.80 bits per heavy atom. The molecule has 0 spiro atoms. The summed E-state index contributed by atoms with van der Waals surface area (Å²) in [6.45, 7) is 0.518. The lowest BCUT2D eigenvalue weighted by molar-refractivity contribution is -0.139. The first-order chi connectivity index (χ1) is 9.66. The van der Waals surface area contributed by atoms with Crippen LogP contribution in [0.25, 0.3) is 0 Å². The SMILES string of the molecule is O=C(O)C1CN(C(=O)c2ccon2)Cc2ccccc21. The van der Waals surface area contributed by atoms with Crippen molar-refractivity contribution in [2.45, 2.75) is 12.5 Å². The van der Waals surface area contributed by atoms with Crippen LogP contribution < -0.4 is 0 Å². The molecule has 1 aliphatic heterocycles. The second kappa shape index (κ2) is 4.80. The zero-order valence-electron chi connectivity index (χ0n) is 10.5. The zero-order valence-corrected chi connectivity index (χ0v) is 10.5. The van der Waals surface area contributed by atoms with E-state index in [0.29, 0.717) is 6.54 Å². The molecule has 2 aromatic rings. The summed E-state index contributed by atoms with van der Waals surface area (Å²) >= 11 is 0. The van der Waals surface area contributed by atoms with Crippen molar-refractivity contribution in [1.82, 2.24) is 10.1 Å². The molecular weight excluding hydrogens is 260 g/mol. The fraction of sp³-hybridized carbons (Fsp3) is 0.214. The number of hydrogen-bond donors (Lipinski definition) is 1. The summed E-state index contributed by atoms with van der Waals surface area (Å²) in [6.07, 6.45) is 1.32. The van der Waals surface area contributed by atoms with Gasteiger partial charge in [-0.2, -0.15) is 0 Å². The van der Waals surface area contributed by atoms with Crippen molar-refractivity contribution in [3.05, 3.63) is 53.4 Å². The number of rotatable bonds is 2. The van der Waals surface area contributed by atoms with Crippen molar-refractivity contribution in [2.75, 3.05) is 6.54 Å². The third kappa shape index (κ3) is 2.05. The highest BCUT2D eigenvalue weighted by Gasteiger charge is 2.33. The molecule has 3 rings (SSSR count). The zero-order chi connectivity index (χ0) is 14.1. The van der Waals surface area contributed by atoms with Gasteiger partial charge < -0.3 is 14.5 Å². The maximum atomic E-state index is 12.2. The first-order valence-electron chi connectivity index (χ1n) is 6.17. The Hall–Kier alpha value is -2.63. The average molecular weight is 272 g/mol. The van der Waals surface area contributed by atoms with Gasteiger partial charge in [0.2, 0.25) is 0 Å². The fourth-order valence-corrected chi connectivity index (χ4v) is 2.46. The molecule has 1 aromatic carbocycles. The molecule has 1 atom stereocenters. The number of carboxylic acids is 1. The smallest absolute Gasteiger partial charge is 0.312 e. The summed E-state index contributed by atoms with van der Waals surface area (Å²) in [5.41, 5.74) is 1.81. The number of nitrogens with zero attached hydrogens (tertiary/aromatic N) is 2. The lowest BCUT2D eigenvalue weighted by Crippen LogP contribution is -2.40. The summed E-state index contributed by atoms with van der Waals surface area (Å²) in [7, 11) is 0. The highest BCUT2D eigenvalue weighted by atomic mass is 16.5. The molecule has 20 heavy (non-hydrogen) atoms. The van der Waals surface area contributed by atoms with E-state index >= 15 is 0 Å². The second-order valence-electron chi connectivity index (χ2n) is 4.66. The predicted octanol–water partition coefficient (Wildman–Crippen LogP) is 1.50. The van der Waals surface area contributed by atoms with E-state index in [-0.39, 0.29) is 18.1 Å². The highest BCUT2D eigenvalue weighted by molar-refractivity contribution is 5.93. The van der Waals surface area contributed by atoms with Gasteiger partial charge in [-0.15, -0.1) is 0 Å². The molecule has 1 aliphatic rings. The Labute approximate surface area is 114 Å². The summed E-state index contributed by atoms with van der Waals surface area (Å²) in [5.74, 6) is -1.97. The fourth-order valence-electron chi connectivity index (χ4n) is 2.46. The highest BCUT2D eigenvalue weighted by Crippen LogP contribution is 2.29. The van der Waals surface area contributed by atoms with Crippen LogP contribution >= 0.6 is 0 Å². The van der Waals surface area contributed by atoms with Crippen LogP contribution in [0, 0.1) is 0 Å². The topological polar surface area (TPSA) is 83.6 Å². The molecule has 0 saturated heterocycles. The molecule has 0 radical (unpaired) electrons. The van der Waals surface area contributed by atoms with Gasteiger partial charge in [-0.3, -0.25) is 9.59 Å². The molecule has 1 unspecified atom stereocenters. The summed E-state index contributed by atoms with van der Waals surface area (Å²) < 4.78 is 4.66. The molecule has 102 valence electrons. The van der Waals surface area contributed by atoms with E-state index in [4.69, 9.17) is 0 Å². The summed E-state index contributed by atoms with van der Waals surface area (Å²) in [4.78, 5) is 25.1. The van der Waals surface area contributed by atoms with E-state index < -0.39 is 11.9 Å². The van der Waals surface area contributed by atoms with Crippen molar-refractivity contribution in [1.29, 1.82) is 0 Å². The molecular formula is C14H12N2O4. The lowest BCUT2D eigenvalue weighted by atomic mass is 9.89. The molecule has 6 nitrogen and oxygen atoms in total. The average Bonchev–Trinajstić information content (AvgIpc) is 2.99. The van der Waals surface area contributed by atoms with Gasteiger partial charge in [-0.05, 0) is 11.1 Å². The number of fused-ring (bicyclic) bond motifs is 1. The van der Waals surface area contributed by atoms with Crippen molar-refractivity contribution in [3.8, 4) is 0 Å². The second-order valence-corrected chi connectivity index (χ2v) is 4.66. The maximum Gasteiger partial charge on any atom is 0.312 e. The van der Waals surface area contributed by atoms with Crippen molar-refractivity contribution >= 4 is 11.9 Å². The van der Waals surface area contributed by atoms with Crippen LogP contribution in [-0.4, -0.2) is 33.6 Å². The number of carbonyl (C=O) groups excluding carboxylic acids is 1. The monoisotopic (exact) mass is 272 g/mol. The minimum absolute atomic E-state index is 0.137. The van der Waals surface area contributed by atoms with Gasteiger partial charge in [0.1, 0.15) is 6.26 Å². The van der Waals surface area contributed by atoms with Crippen molar-refractivity contribution in [3.63, 3.8) is 0 Å². The number of amides is 1. The van der Waals surface area contributed by atoms with Crippen molar-refractivity contribution < 1.29 is 19.2 Å². The van der Waals surface area contributed by atoms with Crippen LogP contribution in [0.5, 0.6) is 0 Å². The maximum absolute atomic E-state index is 12.2. The van der Waals surface area contributed by atoms with E-state index in [0.717, 1.165) is 11.1 Å². The van der Waals surface area contributed by atoms with E-state index in [1.165, 1.54) is 17.2 Å². The van der Waals surface area contributed by atoms with Gasteiger partial charge in [0.05, 0.1) is 5.92 Å². The summed E-state index contributed by atoms with van der Waals surface area (Å²) in [5, 5.41) is 12.9. The number of benzene rings is 1. The predicted molar refractivity (Wildman–Crippen MR) is 68.1 cm³/mol. The first kappa shape index (κ1) is 12.4. The normalized spacial score (nSPS) is 17.6. The Balaban J connectivity index is 1.94. The Kier molecular flexibility index (Phi) is 2.98. The van der Waals surface area contributed by atoms with Crippen LogP contribution in [0.15, 0.2) is 41.1 Å². The molecule has 0 aliphatic carbocycles. The van der Waals surface area contributed by atoms with Crippen molar-refractivity contribution in [2.24, 2.45) is 0 Å². The lowest BCUT2D eigenvalue weighted by Gasteiger charge is -2.32. The van der Waals surface area contributed by atoms with E-state index in [9.17, 15) is 14.7 Å². The number of aromatic nitrogens is 1. The van der Waals surface area contributed by atoms with E-state index in [1.54, 1.807) is 6.07 Å². The van der Waals surface area contributed by atoms with Crippen LogP contribution in [0.2, 0.25) is 0 Å². The van der Waals surface area contributed by atoms with E-state index in [2.05, 4.69) is 9.68 Å². The molecule has 0 saturated carbocycles. The Morgan fingerprint density at radius 2 is 2.10 bits per heavy atom. The minimum Gasteiger partial charge on any atom is -0.481 e. The van der Waals surface area contributed by atoms with Gasteiger partial charge in [0, 0.05) is 19.2 Å². The quantitative estimate of drug-likeness (QED) is 0.895. The van der Waals surface area contributed by atoms with Gasteiger partial charge >= 0.3 is 5.97 Å². The molecule has 0 bridgehead atoms. The van der Waals surface area contributed by atoms with E-state index in [1.807, 2.05) is 18.2 Å². The minimum atomic E-state index is -0.935. The Bertz CT molecular complexity index is 651. The van der Waals surface area contributed by atoms with Crippen LogP contribution in [0.4, 0.5) is 0 Å². The van der Waals surface area contributed by atoms with Crippen LogP contribution in [-0.2, 0) is 11.3 Å². The first-order valence-corrected chi connectivity index (χ1v) is 6.17. The standard InChI is InChI=1S/C14H12N2O4/c17-13(12-5-6-20-15-12)16-7-9-3-1-2-4-10(9)11(8-16)14(18)19/h1-6,11H,7-8H2,(H,18,19). The molecule has 0 fully saturated rings. The van der Waals surface area contributed by atoms with Crippen LogP contribution in [0.3, 0.4) is 0 Å². The van der Waals surface area contributed by atoms with Gasteiger partial charge in [-0.25, -0.2) is 0 Å². The third-order valence-corrected chi connectivity index (χ3v) is 3.44. The van der Waals surface area contributed by atoms with Crippen LogP contribution in [0.1, 0.15) is 27.5 Å². The Morgan fingerprint density at radius 1 is 1.30 bits per heavy atom. The molecule has 6 heteroatoms. The molecule has 1 amide bonds. The van der Waals surface area contributed by atoms with Gasteiger partial charge in [0.25, 0.3) is 5.91 Å². The number of hydrogen-bond acceptors (Lipinski definition) is 4. The molecule has 1 aromatic heterocycles. The third-order valence-electron chi connectivity index (χ3n) is 3.44. The summed E-state index contributed by atoms with van der Waals surface area (Å²) in [6, 6.07) is 8.75. The van der Waals surface area contributed by atoms with Gasteiger partial charge in [0.15, 0.2) is 5.69 Å². The molecule has 1 N–H and O–H groups in total.